The van der Waals surface area contributed by atoms with Crippen molar-refractivity contribution in [1.82, 2.24) is 4.57 Å². The summed E-state index contributed by atoms with van der Waals surface area (Å²) in [6, 6.07) is 0.203. The van der Waals surface area contributed by atoms with E-state index in [-0.39, 0.29) is 11.8 Å². The predicted molar refractivity (Wildman–Crippen MR) is 54.2 cm³/mol. The Morgan fingerprint density at radius 2 is 2.07 bits per heavy atom. The zero-order valence-electron chi connectivity index (χ0n) is 9.45. The topological polar surface area (TPSA) is 46.1 Å². The van der Waals surface area contributed by atoms with E-state index in [0.717, 1.165) is 24.4 Å². The molecule has 0 amide bonds. The first-order chi connectivity index (χ1) is 7.04. The van der Waals surface area contributed by atoms with Crippen LogP contribution in [0.3, 0.4) is 0 Å². The minimum absolute atomic E-state index is 0.154. The molecular weight excluding hydrogens is 192 g/mol. The summed E-state index contributed by atoms with van der Waals surface area (Å²) in [7, 11) is 0. The molecule has 0 fully saturated rings. The fourth-order valence-corrected chi connectivity index (χ4v) is 2.38. The third-order valence-electron chi connectivity index (χ3n) is 3.02. The second-order valence-corrected chi connectivity index (χ2v) is 4.39. The zero-order valence-corrected chi connectivity index (χ0v) is 9.45. The largest absolute Gasteiger partial charge is 0.350 e. The van der Waals surface area contributed by atoms with Crippen molar-refractivity contribution in [3.8, 4) is 0 Å². The first-order valence-corrected chi connectivity index (χ1v) is 5.42. The number of hydrogen-bond acceptors (Lipinski definition) is 2. The Kier molecular flexibility index (Phi) is 2.29. The van der Waals surface area contributed by atoms with Gasteiger partial charge in [-0.15, -0.1) is 0 Å². The Labute approximate surface area is 89.1 Å². The number of rotatable bonds is 1. The van der Waals surface area contributed by atoms with Gasteiger partial charge in [0.1, 0.15) is 0 Å². The number of fused-ring (bicyclic) bond motifs is 1. The van der Waals surface area contributed by atoms with E-state index < -0.39 is 0 Å². The van der Waals surface area contributed by atoms with E-state index in [1.807, 2.05) is 25.3 Å². The molecule has 1 aliphatic rings. The maximum absolute atomic E-state index is 11.8. The number of aromatic nitrogens is 2. The van der Waals surface area contributed by atoms with Gasteiger partial charge in [-0.05, 0) is 25.0 Å². The quantitative estimate of drug-likeness (QED) is 0.561. The maximum Gasteiger partial charge on any atom is 0.294 e. The molecule has 1 N–H and O–H groups in total. The molecule has 4 nitrogen and oxygen atoms in total. The molecule has 0 bridgehead atoms. The van der Waals surface area contributed by atoms with Gasteiger partial charge in [-0.2, -0.15) is 0 Å². The number of carbonyl (C=O) groups excluding carboxylic acids is 1. The fourth-order valence-electron chi connectivity index (χ4n) is 2.38. The van der Waals surface area contributed by atoms with Gasteiger partial charge < -0.3 is 5.21 Å². The Bertz CT molecular complexity index is 419. The first kappa shape index (κ1) is 10.2. The van der Waals surface area contributed by atoms with Crippen LogP contribution in [0.2, 0.25) is 0 Å². The lowest BCUT2D eigenvalue weighted by atomic mass is 9.99. The second kappa shape index (κ2) is 3.36. The van der Waals surface area contributed by atoms with Gasteiger partial charge in [-0.1, -0.05) is 0 Å². The van der Waals surface area contributed by atoms with Crippen LogP contribution in [0.5, 0.6) is 0 Å². The molecule has 0 saturated carbocycles. The molecular formula is C11H17N2O2+. The van der Waals surface area contributed by atoms with Crippen molar-refractivity contribution in [3.05, 3.63) is 17.2 Å². The van der Waals surface area contributed by atoms with Gasteiger partial charge in [0.05, 0.1) is 6.04 Å². The summed E-state index contributed by atoms with van der Waals surface area (Å²) in [5, 5.41) is 9.87. The predicted octanol–water partition coefficient (Wildman–Crippen LogP) is 1.42. The van der Waals surface area contributed by atoms with Gasteiger partial charge in [0.2, 0.25) is 11.5 Å². The molecule has 0 spiro atoms. The highest BCUT2D eigenvalue weighted by Gasteiger charge is 2.36. The van der Waals surface area contributed by atoms with Crippen LogP contribution in [-0.2, 0) is 6.42 Å². The van der Waals surface area contributed by atoms with E-state index in [1.165, 1.54) is 4.73 Å². The minimum Gasteiger partial charge on any atom is -0.350 e. The standard InChI is InChI=1S/C11H17N2O2/c1-7(2)12-8(3)13(15)9-5-4-6-10(14)11(9)12/h7,15H,4-6H2,1-3H3/q+1. The van der Waals surface area contributed by atoms with Gasteiger partial charge in [0, 0.05) is 19.8 Å². The van der Waals surface area contributed by atoms with Crippen LogP contribution >= 0.6 is 0 Å². The summed E-state index contributed by atoms with van der Waals surface area (Å²) >= 11 is 0. The van der Waals surface area contributed by atoms with Crippen LogP contribution in [-0.4, -0.2) is 15.6 Å². The van der Waals surface area contributed by atoms with Crippen molar-refractivity contribution in [2.24, 2.45) is 0 Å². The average molecular weight is 209 g/mol. The average Bonchev–Trinajstić information content (AvgIpc) is 2.43. The van der Waals surface area contributed by atoms with Crippen molar-refractivity contribution in [2.75, 3.05) is 0 Å². The molecule has 0 aliphatic heterocycles. The van der Waals surface area contributed by atoms with Crippen LogP contribution in [0.1, 0.15) is 54.7 Å². The van der Waals surface area contributed by atoms with E-state index in [1.54, 1.807) is 0 Å². The van der Waals surface area contributed by atoms with Crippen molar-refractivity contribution >= 4 is 5.78 Å². The van der Waals surface area contributed by atoms with E-state index in [0.29, 0.717) is 12.1 Å². The number of nitrogens with zero attached hydrogens (tertiary/aromatic N) is 2. The van der Waals surface area contributed by atoms with Crippen LogP contribution in [0, 0.1) is 6.92 Å². The number of Topliss-reactive ketones (excluding diaryl/α,β-unsaturated/α-hetero) is 1. The van der Waals surface area contributed by atoms with Crippen LogP contribution in [0.25, 0.3) is 0 Å². The summed E-state index contributed by atoms with van der Waals surface area (Å²) in [5.74, 6) is 0.895. The number of imidazole rings is 1. The number of carbonyl (C=O) groups is 1. The van der Waals surface area contributed by atoms with Gasteiger partial charge in [0.15, 0.2) is 5.69 Å². The Balaban J connectivity index is 2.70. The Morgan fingerprint density at radius 1 is 1.40 bits per heavy atom. The highest BCUT2D eigenvalue weighted by atomic mass is 16.5. The molecule has 1 aromatic heterocycles. The molecule has 0 atom stereocenters. The molecule has 1 heterocycles. The Morgan fingerprint density at radius 3 is 2.67 bits per heavy atom. The molecule has 82 valence electrons. The van der Waals surface area contributed by atoms with E-state index in [9.17, 15) is 10.0 Å². The normalized spacial score (nSPS) is 15.9. The van der Waals surface area contributed by atoms with Crippen molar-refractivity contribution in [3.63, 3.8) is 0 Å². The monoisotopic (exact) mass is 209 g/mol. The molecule has 0 unspecified atom stereocenters. The molecule has 1 aromatic rings. The number of hydrogen-bond donors (Lipinski definition) is 1. The lowest BCUT2D eigenvalue weighted by molar-refractivity contribution is -0.913. The summed E-state index contributed by atoms with van der Waals surface area (Å²) in [5.41, 5.74) is 1.48. The summed E-state index contributed by atoms with van der Waals surface area (Å²) in [6.45, 7) is 5.88. The van der Waals surface area contributed by atoms with E-state index in [4.69, 9.17) is 0 Å². The zero-order chi connectivity index (χ0) is 11.2. The lowest BCUT2D eigenvalue weighted by Crippen LogP contribution is -2.37. The van der Waals surface area contributed by atoms with Crippen molar-refractivity contribution in [2.45, 2.75) is 46.1 Å². The smallest absolute Gasteiger partial charge is 0.294 e. The maximum atomic E-state index is 11.8. The second-order valence-electron chi connectivity index (χ2n) is 4.39. The highest BCUT2D eigenvalue weighted by molar-refractivity contribution is 5.96. The highest BCUT2D eigenvalue weighted by Crippen LogP contribution is 2.23. The number of ketones is 1. The molecule has 4 heteroatoms. The van der Waals surface area contributed by atoms with Gasteiger partial charge in [0.25, 0.3) is 5.82 Å². The fraction of sp³-hybridized carbons (Fsp3) is 0.636. The van der Waals surface area contributed by atoms with Crippen molar-refractivity contribution in [1.29, 1.82) is 0 Å². The molecule has 0 aromatic carbocycles. The minimum atomic E-state index is 0.154. The van der Waals surface area contributed by atoms with Crippen LogP contribution in [0.15, 0.2) is 0 Å². The van der Waals surface area contributed by atoms with Crippen LogP contribution in [0.4, 0.5) is 0 Å². The third-order valence-corrected chi connectivity index (χ3v) is 3.02. The Hall–Kier alpha value is -1.32. The molecule has 0 radical (unpaired) electrons. The molecule has 2 rings (SSSR count). The van der Waals surface area contributed by atoms with Gasteiger partial charge in [-0.3, -0.25) is 4.79 Å². The van der Waals surface area contributed by atoms with Crippen LogP contribution < -0.4 is 4.73 Å². The molecule has 1 aliphatic carbocycles. The van der Waals surface area contributed by atoms with E-state index >= 15 is 0 Å². The third kappa shape index (κ3) is 1.35. The summed E-state index contributed by atoms with van der Waals surface area (Å²) in [4.78, 5) is 11.8. The SMILES string of the molecule is Cc1n(C(C)C)c2c([n+]1O)CCCC2=O. The molecule has 15 heavy (non-hydrogen) atoms. The van der Waals surface area contributed by atoms with Gasteiger partial charge in [-0.25, -0.2) is 4.57 Å². The first-order valence-electron chi connectivity index (χ1n) is 5.42. The summed E-state index contributed by atoms with van der Waals surface area (Å²) in [6.07, 6.45) is 2.23. The van der Waals surface area contributed by atoms with E-state index in [2.05, 4.69) is 0 Å². The summed E-state index contributed by atoms with van der Waals surface area (Å²) < 4.78 is 3.10. The van der Waals surface area contributed by atoms with Crippen molar-refractivity contribution < 1.29 is 14.7 Å². The molecule has 0 saturated heterocycles. The lowest BCUT2D eigenvalue weighted by Gasteiger charge is -2.09. The van der Waals surface area contributed by atoms with Gasteiger partial charge >= 0.3 is 0 Å².